The molecular weight excluding hydrogens is 208 g/mol. The van der Waals surface area contributed by atoms with Crippen LogP contribution in [0.15, 0.2) is 31.4 Å². The van der Waals surface area contributed by atoms with Gasteiger partial charge in [0.2, 0.25) is 5.82 Å². The van der Waals surface area contributed by atoms with Gasteiger partial charge < -0.3 is 21.0 Å². The van der Waals surface area contributed by atoms with Gasteiger partial charge in [0.1, 0.15) is 6.61 Å². The summed E-state index contributed by atoms with van der Waals surface area (Å²) in [6, 6.07) is 1.47. The maximum Gasteiger partial charge on any atom is 0.347 e. The first-order valence-corrected chi connectivity index (χ1v) is 4.67. The first-order chi connectivity index (χ1) is 7.69. The quantitative estimate of drug-likeness (QED) is 0.415. The zero-order valence-corrected chi connectivity index (χ0v) is 8.85. The lowest BCUT2D eigenvalue weighted by Gasteiger charge is -2.13. The SMILES string of the molecule is C=CCNc1cc(OCC=C)nc(N)[n+]1[O-]. The fourth-order valence-corrected chi connectivity index (χ4v) is 1.01. The van der Waals surface area contributed by atoms with Gasteiger partial charge in [0, 0.05) is 0 Å². The number of hydrogen-bond acceptors (Lipinski definition) is 5. The van der Waals surface area contributed by atoms with Crippen LogP contribution in [0.5, 0.6) is 5.88 Å². The molecular formula is C10H14N4O2. The fraction of sp³-hybridized carbons (Fsp3) is 0.200. The van der Waals surface area contributed by atoms with Gasteiger partial charge in [-0.1, -0.05) is 23.7 Å². The van der Waals surface area contributed by atoms with Crippen molar-refractivity contribution in [2.24, 2.45) is 0 Å². The highest BCUT2D eigenvalue weighted by Crippen LogP contribution is 2.12. The van der Waals surface area contributed by atoms with E-state index in [2.05, 4.69) is 23.5 Å². The Balaban J connectivity index is 2.91. The first-order valence-electron chi connectivity index (χ1n) is 4.67. The maximum absolute atomic E-state index is 11.5. The molecule has 6 heteroatoms. The molecule has 1 heterocycles. The van der Waals surface area contributed by atoms with Crippen LogP contribution in [0.25, 0.3) is 0 Å². The summed E-state index contributed by atoms with van der Waals surface area (Å²) in [5.74, 6) is 0.371. The molecule has 16 heavy (non-hydrogen) atoms. The maximum atomic E-state index is 11.5. The molecule has 1 aromatic rings. The predicted octanol–water partition coefficient (Wildman–Crippen LogP) is 0.460. The monoisotopic (exact) mass is 222 g/mol. The van der Waals surface area contributed by atoms with Crippen molar-refractivity contribution in [2.75, 3.05) is 24.2 Å². The summed E-state index contributed by atoms with van der Waals surface area (Å²) in [6.45, 7) is 7.80. The number of nitrogens with two attached hydrogens (primary N) is 1. The third kappa shape index (κ3) is 2.88. The highest BCUT2D eigenvalue weighted by molar-refractivity contribution is 5.36. The van der Waals surface area contributed by atoms with E-state index in [1.807, 2.05) is 0 Å². The first kappa shape index (κ1) is 11.8. The van der Waals surface area contributed by atoms with E-state index in [0.717, 1.165) is 0 Å². The number of rotatable bonds is 6. The molecule has 3 N–H and O–H groups in total. The van der Waals surface area contributed by atoms with Crippen LogP contribution in [0.3, 0.4) is 0 Å². The molecule has 0 saturated carbocycles. The van der Waals surface area contributed by atoms with Gasteiger partial charge >= 0.3 is 5.95 Å². The molecule has 0 spiro atoms. The van der Waals surface area contributed by atoms with Gasteiger partial charge in [-0.3, -0.25) is 0 Å². The Morgan fingerprint density at radius 3 is 2.94 bits per heavy atom. The third-order valence-corrected chi connectivity index (χ3v) is 1.69. The molecule has 1 rings (SSSR count). The Labute approximate surface area is 93.6 Å². The van der Waals surface area contributed by atoms with Crippen LogP contribution in [0, 0.1) is 5.21 Å². The summed E-state index contributed by atoms with van der Waals surface area (Å²) in [5, 5.41) is 14.3. The molecule has 0 aliphatic heterocycles. The number of nitrogen functional groups attached to an aromatic ring is 1. The molecule has 0 saturated heterocycles. The van der Waals surface area contributed by atoms with Crippen LogP contribution in [0.2, 0.25) is 0 Å². The molecule has 0 bridgehead atoms. The Morgan fingerprint density at radius 2 is 2.31 bits per heavy atom. The van der Waals surface area contributed by atoms with Gasteiger partial charge in [0.15, 0.2) is 0 Å². The summed E-state index contributed by atoms with van der Waals surface area (Å²) in [7, 11) is 0. The topological polar surface area (TPSA) is 87.1 Å². The Morgan fingerprint density at radius 1 is 1.56 bits per heavy atom. The van der Waals surface area contributed by atoms with Gasteiger partial charge in [-0.15, -0.1) is 6.58 Å². The molecule has 0 amide bonds. The van der Waals surface area contributed by atoms with Crippen LogP contribution in [-0.2, 0) is 0 Å². The fourth-order valence-electron chi connectivity index (χ4n) is 1.01. The summed E-state index contributed by atoms with van der Waals surface area (Å²) in [4.78, 5) is 3.77. The van der Waals surface area contributed by atoms with Crippen molar-refractivity contribution in [3.8, 4) is 5.88 Å². The normalized spacial score (nSPS) is 9.50. The van der Waals surface area contributed by atoms with Crippen molar-refractivity contribution in [1.29, 1.82) is 0 Å². The van der Waals surface area contributed by atoms with Crippen LogP contribution in [0.1, 0.15) is 0 Å². The number of nitrogens with one attached hydrogen (secondary N) is 1. The molecule has 0 aliphatic rings. The van der Waals surface area contributed by atoms with Gasteiger partial charge in [-0.2, -0.15) is 0 Å². The molecule has 86 valence electrons. The lowest BCUT2D eigenvalue weighted by molar-refractivity contribution is -0.577. The van der Waals surface area contributed by atoms with Crippen LogP contribution in [0.4, 0.5) is 11.8 Å². The molecule has 0 radical (unpaired) electrons. The minimum Gasteiger partial charge on any atom is -0.754 e. The zero-order valence-electron chi connectivity index (χ0n) is 8.85. The average Bonchev–Trinajstić information content (AvgIpc) is 2.28. The van der Waals surface area contributed by atoms with Crippen molar-refractivity contribution >= 4 is 11.8 Å². The van der Waals surface area contributed by atoms with E-state index >= 15 is 0 Å². The van der Waals surface area contributed by atoms with Gasteiger partial charge in [-0.05, 0) is 0 Å². The molecule has 0 aliphatic carbocycles. The van der Waals surface area contributed by atoms with Crippen molar-refractivity contribution in [2.45, 2.75) is 0 Å². The van der Waals surface area contributed by atoms with Crippen molar-refractivity contribution in [3.05, 3.63) is 36.6 Å². The largest absolute Gasteiger partial charge is 0.754 e. The number of hydrogen-bond donors (Lipinski definition) is 2. The van der Waals surface area contributed by atoms with E-state index in [4.69, 9.17) is 10.5 Å². The summed E-state index contributed by atoms with van der Waals surface area (Å²) >= 11 is 0. The molecule has 6 nitrogen and oxygen atoms in total. The highest BCUT2D eigenvalue weighted by atomic mass is 16.5. The second-order valence-electron chi connectivity index (χ2n) is 2.90. The van der Waals surface area contributed by atoms with E-state index in [9.17, 15) is 5.21 Å². The number of anilines is 2. The number of nitrogens with zero attached hydrogens (tertiary/aromatic N) is 2. The summed E-state index contributed by atoms with van der Waals surface area (Å²) in [6.07, 6.45) is 3.20. The molecule has 0 fully saturated rings. The highest BCUT2D eigenvalue weighted by Gasteiger charge is 2.10. The van der Waals surface area contributed by atoms with Crippen LogP contribution in [-0.4, -0.2) is 18.1 Å². The van der Waals surface area contributed by atoms with E-state index < -0.39 is 0 Å². The van der Waals surface area contributed by atoms with Crippen molar-refractivity contribution in [3.63, 3.8) is 0 Å². The lowest BCUT2D eigenvalue weighted by atomic mass is 10.5. The van der Waals surface area contributed by atoms with E-state index in [-0.39, 0.29) is 17.6 Å². The lowest BCUT2D eigenvalue weighted by Crippen LogP contribution is -2.35. The van der Waals surface area contributed by atoms with Gasteiger partial charge in [0.25, 0.3) is 5.88 Å². The van der Waals surface area contributed by atoms with E-state index in [0.29, 0.717) is 17.9 Å². The predicted molar refractivity (Wildman–Crippen MR) is 62.0 cm³/mol. The van der Waals surface area contributed by atoms with E-state index in [1.165, 1.54) is 6.07 Å². The van der Waals surface area contributed by atoms with Gasteiger partial charge in [0.05, 0.1) is 12.6 Å². The summed E-state index contributed by atoms with van der Waals surface area (Å²) in [5.41, 5.74) is 5.43. The smallest absolute Gasteiger partial charge is 0.347 e. The molecule has 0 atom stereocenters. The van der Waals surface area contributed by atoms with Crippen molar-refractivity contribution in [1.82, 2.24) is 4.98 Å². The molecule has 0 unspecified atom stereocenters. The Hall–Kier alpha value is -2.24. The zero-order chi connectivity index (χ0) is 12.0. The summed E-state index contributed by atoms with van der Waals surface area (Å²) < 4.78 is 5.67. The molecule has 1 aromatic heterocycles. The van der Waals surface area contributed by atoms with Crippen LogP contribution >= 0.6 is 0 Å². The third-order valence-electron chi connectivity index (χ3n) is 1.69. The average molecular weight is 222 g/mol. The van der Waals surface area contributed by atoms with Crippen molar-refractivity contribution < 1.29 is 9.47 Å². The van der Waals surface area contributed by atoms with Gasteiger partial charge in [-0.25, -0.2) is 4.73 Å². The number of aromatic nitrogens is 2. The minimum absolute atomic E-state index is 0.173. The minimum atomic E-state index is -0.173. The second-order valence-corrected chi connectivity index (χ2v) is 2.90. The number of ether oxygens (including phenoxy) is 1. The second kappa shape index (κ2) is 5.59. The van der Waals surface area contributed by atoms with Crippen LogP contribution < -0.4 is 20.5 Å². The standard InChI is InChI=1S/C10H14N4O2/c1-3-5-12-8-7-9(16-6-4-2)13-10(11)14(8)15/h3-4,7,12H,1-2,5-6H2,(H2,11,13). The van der Waals surface area contributed by atoms with E-state index in [1.54, 1.807) is 12.2 Å². The Kier molecular flexibility index (Phi) is 4.14. The molecule has 0 aromatic carbocycles. The Bertz CT molecular complexity index is 393.